The van der Waals surface area contributed by atoms with Crippen LogP contribution in [0.2, 0.25) is 0 Å². The third-order valence-electron chi connectivity index (χ3n) is 3.11. The summed E-state index contributed by atoms with van der Waals surface area (Å²) in [5, 5.41) is 3.55. The first-order chi connectivity index (χ1) is 6.62. The molecule has 2 nitrogen and oxygen atoms in total. The second-order valence-electron chi connectivity index (χ2n) is 4.48. The normalized spacial score (nSPS) is 25.1. The summed E-state index contributed by atoms with van der Waals surface area (Å²) in [5.41, 5.74) is 1.16. The highest BCUT2D eigenvalue weighted by Crippen LogP contribution is 2.34. The number of benzene rings is 1. The van der Waals surface area contributed by atoms with Crippen molar-refractivity contribution < 1.29 is 4.74 Å². The fourth-order valence-electron chi connectivity index (χ4n) is 1.58. The van der Waals surface area contributed by atoms with E-state index in [0.29, 0.717) is 5.92 Å². The smallest absolute Gasteiger partial charge is 0.142 e. The van der Waals surface area contributed by atoms with Gasteiger partial charge in [-0.3, -0.25) is 0 Å². The van der Waals surface area contributed by atoms with Gasteiger partial charge < -0.3 is 10.1 Å². The first-order valence-electron chi connectivity index (χ1n) is 5.12. The van der Waals surface area contributed by atoms with Gasteiger partial charge in [-0.2, -0.15) is 0 Å². The Labute approximate surface area is 85.3 Å². The molecule has 2 heteroatoms. The van der Waals surface area contributed by atoms with Gasteiger partial charge in [-0.15, -0.1) is 0 Å². The predicted molar refractivity (Wildman–Crippen MR) is 58.8 cm³/mol. The summed E-state index contributed by atoms with van der Waals surface area (Å²) in [6.45, 7) is 7.36. The zero-order valence-electron chi connectivity index (χ0n) is 9.00. The van der Waals surface area contributed by atoms with Crippen molar-refractivity contribution >= 4 is 5.69 Å². The number of hydrogen-bond acceptors (Lipinski definition) is 2. The maximum atomic E-state index is 5.74. The fourth-order valence-corrected chi connectivity index (χ4v) is 1.58. The van der Waals surface area contributed by atoms with Crippen LogP contribution in [0.15, 0.2) is 24.3 Å². The van der Waals surface area contributed by atoms with Gasteiger partial charge in [0.05, 0.1) is 11.2 Å². The number of rotatable bonds is 1. The molecule has 76 valence electrons. The van der Waals surface area contributed by atoms with Gasteiger partial charge in [-0.05, 0) is 25.0 Å². The van der Waals surface area contributed by atoms with Crippen LogP contribution in [0, 0.1) is 5.92 Å². The molecule has 1 aliphatic rings. The summed E-state index contributed by atoms with van der Waals surface area (Å²) in [6.07, 6.45) is 0. The maximum absolute atomic E-state index is 5.74. The van der Waals surface area contributed by atoms with E-state index in [2.05, 4.69) is 32.2 Å². The first kappa shape index (κ1) is 9.38. The molecule has 0 fully saturated rings. The topological polar surface area (TPSA) is 21.3 Å². The van der Waals surface area contributed by atoms with Crippen LogP contribution in [-0.2, 0) is 0 Å². The predicted octanol–water partition coefficient (Wildman–Crippen LogP) is 2.91. The lowest BCUT2D eigenvalue weighted by atomic mass is 9.88. The minimum atomic E-state index is 0.0500. The van der Waals surface area contributed by atoms with Gasteiger partial charge in [0.15, 0.2) is 0 Å². The third-order valence-corrected chi connectivity index (χ3v) is 3.11. The molecule has 1 aromatic carbocycles. The van der Waals surface area contributed by atoms with Crippen molar-refractivity contribution in [3.05, 3.63) is 24.3 Å². The Morgan fingerprint density at radius 3 is 2.79 bits per heavy atom. The van der Waals surface area contributed by atoms with Gasteiger partial charge in [0, 0.05) is 0 Å². The SMILES string of the molecule is CC(C)C1(C)COc2ccccc2N1. The van der Waals surface area contributed by atoms with Crippen LogP contribution in [0.3, 0.4) is 0 Å². The molecule has 0 amide bonds. The minimum absolute atomic E-state index is 0.0500. The van der Waals surface area contributed by atoms with E-state index in [0.717, 1.165) is 18.0 Å². The summed E-state index contributed by atoms with van der Waals surface area (Å²) in [5.74, 6) is 1.52. The lowest BCUT2D eigenvalue weighted by Crippen LogP contribution is -2.48. The average molecular weight is 191 g/mol. The van der Waals surface area contributed by atoms with E-state index >= 15 is 0 Å². The molecule has 0 aromatic heterocycles. The molecular weight excluding hydrogens is 174 g/mol. The molecular formula is C12H17NO. The Kier molecular flexibility index (Phi) is 2.14. The Morgan fingerprint density at radius 2 is 2.07 bits per heavy atom. The molecule has 14 heavy (non-hydrogen) atoms. The van der Waals surface area contributed by atoms with Crippen molar-refractivity contribution in [2.24, 2.45) is 5.92 Å². The summed E-state index contributed by atoms with van der Waals surface area (Å²) in [6, 6.07) is 8.09. The standard InChI is InChI=1S/C12H17NO/c1-9(2)12(3)8-14-11-7-5-4-6-10(11)13-12/h4-7,9,13H,8H2,1-3H3. The number of ether oxygens (including phenoxy) is 1. The van der Waals surface area contributed by atoms with Crippen LogP contribution in [0.25, 0.3) is 0 Å². The molecule has 0 spiro atoms. The van der Waals surface area contributed by atoms with E-state index in [1.807, 2.05) is 18.2 Å². The van der Waals surface area contributed by atoms with Gasteiger partial charge in [0.25, 0.3) is 0 Å². The van der Waals surface area contributed by atoms with Gasteiger partial charge in [-0.1, -0.05) is 26.0 Å². The van der Waals surface area contributed by atoms with Crippen LogP contribution in [0.5, 0.6) is 5.75 Å². The molecule has 2 rings (SSSR count). The molecule has 0 radical (unpaired) electrons. The van der Waals surface area contributed by atoms with Crippen LogP contribution in [-0.4, -0.2) is 12.1 Å². The highest BCUT2D eigenvalue weighted by atomic mass is 16.5. The van der Waals surface area contributed by atoms with E-state index in [-0.39, 0.29) is 5.54 Å². The molecule has 1 aliphatic heterocycles. The highest BCUT2D eigenvalue weighted by molar-refractivity contribution is 5.59. The second kappa shape index (κ2) is 3.19. The van der Waals surface area contributed by atoms with Crippen molar-refractivity contribution in [3.63, 3.8) is 0 Å². The fraction of sp³-hybridized carbons (Fsp3) is 0.500. The van der Waals surface area contributed by atoms with E-state index in [9.17, 15) is 0 Å². The van der Waals surface area contributed by atoms with E-state index in [1.165, 1.54) is 0 Å². The van der Waals surface area contributed by atoms with Crippen molar-refractivity contribution in [3.8, 4) is 5.75 Å². The molecule has 1 atom stereocenters. The maximum Gasteiger partial charge on any atom is 0.142 e. The zero-order valence-corrected chi connectivity index (χ0v) is 9.00. The Hall–Kier alpha value is -1.18. The van der Waals surface area contributed by atoms with E-state index in [1.54, 1.807) is 0 Å². The summed E-state index contributed by atoms with van der Waals surface area (Å²) >= 11 is 0. The molecule has 0 saturated heterocycles. The Bertz CT molecular complexity index is 335. The number of hydrogen-bond donors (Lipinski definition) is 1. The average Bonchev–Trinajstić information content (AvgIpc) is 2.17. The third kappa shape index (κ3) is 1.45. The summed E-state index contributed by atoms with van der Waals surface area (Å²) in [7, 11) is 0. The van der Waals surface area contributed by atoms with Crippen LogP contribution in [0.1, 0.15) is 20.8 Å². The van der Waals surface area contributed by atoms with Crippen molar-refractivity contribution in [1.82, 2.24) is 0 Å². The van der Waals surface area contributed by atoms with Crippen molar-refractivity contribution in [1.29, 1.82) is 0 Å². The largest absolute Gasteiger partial charge is 0.489 e. The molecule has 1 aromatic rings. The summed E-state index contributed by atoms with van der Waals surface area (Å²) in [4.78, 5) is 0. The molecule has 1 heterocycles. The Morgan fingerprint density at radius 1 is 1.36 bits per heavy atom. The highest BCUT2D eigenvalue weighted by Gasteiger charge is 2.33. The monoisotopic (exact) mass is 191 g/mol. The molecule has 0 aliphatic carbocycles. The van der Waals surface area contributed by atoms with Crippen LogP contribution >= 0.6 is 0 Å². The molecule has 0 saturated carbocycles. The van der Waals surface area contributed by atoms with Crippen molar-refractivity contribution in [2.75, 3.05) is 11.9 Å². The lowest BCUT2D eigenvalue weighted by Gasteiger charge is -2.39. The minimum Gasteiger partial charge on any atom is -0.489 e. The number of para-hydroxylation sites is 2. The lowest BCUT2D eigenvalue weighted by molar-refractivity contribution is 0.191. The van der Waals surface area contributed by atoms with Gasteiger partial charge >= 0.3 is 0 Å². The zero-order chi connectivity index (χ0) is 10.2. The van der Waals surface area contributed by atoms with Crippen LogP contribution < -0.4 is 10.1 Å². The van der Waals surface area contributed by atoms with E-state index < -0.39 is 0 Å². The first-order valence-corrected chi connectivity index (χ1v) is 5.12. The van der Waals surface area contributed by atoms with Crippen molar-refractivity contribution in [2.45, 2.75) is 26.3 Å². The van der Waals surface area contributed by atoms with Crippen LogP contribution in [0.4, 0.5) is 5.69 Å². The van der Waals surface area contributed by atoms with Gasteiger partial charge in [0.1, 0.15) is 12.4 Å². The molecule has 0 bridgehead atoms. The number of nitrogens with one attached hydrogen (secondary N) is 1. The van der Waals surface area contributed by atoms with Gasteiger partial charge in [0.2, 0.25) is 0 Å². The quantitative estimate of drug-likeness (QED) is 0.737. The number of fused-ring (bicyclic) bond motifs is 1. The molecule has 1 N–H and O–H groups in total. The van der Waals surface area contributed by atoms with E-state index in [4.69, 9.17) is 4.74 Å². The molecule has 1 unspecified atom stereocenters. The Balaban J connectivity index is 2.29. The summed E-state index contributed by atoms with van der Waals surface area (Å²) < 4.78 is 5.74. The van der Waals surface area contributed by atoms with Gasteiger partial charge in [-0.25, -0.2) is 0 Å². The second-order valence-corrected chi connectivity index (χ2v) is 4.48. The number of anilines is 1.